The average Bonchev–Trinajstić information content (AvgIpc) is 2.16. The Hall–Kier alpha value is -1.42. The summed E-state index contributed by atoms with van der Waals surface area (Å²) in [5.41, 5.74) is 8.45. The maximum Gasteiger partial charge on any atom is 0.0711 e. The van der Waals surface area contributed by atoms with E-state index in [0.29, 0.717) is 11.4 Å². The molecule has 0 saturated heterocycles. The Kier molecular flexibility index (Phi) is 2.44. The maximum atomic E-state index is 7.71. The predicted molar refractivity (Wildman–Crippen MR) is 66.4 cm³/mol. The number of hydrogen-bond donors (Lipinski definition) is 2. The molecule has 0 spiro atoms. The van der Waals surface area contributed by atoms with E-state index in [1.807, 2.05) is 18.2 Å². The average molecular weight is 264 g/mol. The molecule has 1 heterocycles. The van der Waals surface area contributed by atoms with Crippen molar-refractivity contribution < 1.29 is 0 Å². The number of nitrogens with zero attached hydrogens (tertiary/aromatic N) is 1. The number of nitrogens with one attached hydrogen (secondary N) is 1. The molecule has 15 heavy (non-hydrogen) atoms. The highest BCUT2D eigenvalue weighted by molar-refractivity contribution is 9.10. The van der Waals surface area contributed by atoms with Crippen LogP contribution in [-0.4, -0.2) is 10.7 Å². The first-order chi connectivity index (χ1) is 7.09. The van der Waals surface area contributed by atoms with Gasteiger partial charge in [0.05, 0.1) is 17.4 Å². The summed E-state index contributed by atoms with van der Waals surface area (Å²) in [5, 5.41) is 8.62. The second-order valence-corrected chi connectivity index (χ2v) is 4.29. The van der Waals surface area contributed by atoms with Gasteiger partial charge in [0.2, 0.25) is 0 Å². The van der Waals surface area contributed by atoms with Gasteiger partial charge in [-0.1, -0.05) is 15.9 Å². The van der Waals surface area contributed by atoms with Crippen LogP contribution in [0.15, 0.2) is 28.9 Å². The molecule has 0 saturated carbocycles. The Bertz CT molecular complexity index is 544. The highest BCUT2D eigenvalue weighted by Gasteiger charge is 2.08. The fourth-order valence-corrected chi connectivity index (χ4v) is 1.96. The third-order valence-electron chi connectivity index (χ3n) is 2.23. The van der Waals surface area contributed by atoms with Crippen LogP contribution in [0.3, 0.4) is 0 Å². The number of aromatic nitrogens is 1. The molecular formula is C11H10BrN3. The van der Waals surface area contributed by atoms with Gasteiger partial charge in [0.15, 0.2) is 0 Å². The van der Waals surface area contributed by atoms with Gasteiger partial charge in [0.25, 0.3) is 0 Å². The normalized spacial score (nSPS) is 10.5. The molecule has 0 bridgehead atoms. The number of fused-ring (bicyclic) bond motifs is 1. The summed E-state index contributed by atoms with van der Waals surface area (Å²) in [7, 11) is 0. The molecule has 0 amide bonds. The Morgan fingerprint density at radius 3 is 2.87 bits per heavy atom. The zero-order valence-electron chi connectivity index (χ0n) is 8.21. The molecule has 0 aliphatic rings. The van der Waals surface area contributed by atoms with Gasteiger partial charge in [-0.05, 0) is 25.1 Å². The number of nitrogens with two attached hydrogens (primary N) is 1. The van der Waals surface area contributed by atoms with E-state index in [0.717, 1.165) is 20.9 Å². The molecule has 1 aromatic carbocycles. The van der Waals surface area contributed by atoms with Crippen LogP contribution in [0, 0.1) is 5.41 Å². The first-order valence-electron chi connectivity index (χ1n) is 4.49. The van der Waals surface area contributed by atoms with Crippen molar-refractivity contribution in [3.05, 3.63) is 34.4 Å². The summed E-state index contributed by atoms with van der Waals surface area (Å²) in [6.07, 6.45) is 1.60. The van der Waals surface area contributed by atoms with Crippen LogP contribution in [0.25, 0.3) is 10.9 Å². The van der Waals surface area contributed by atoms with Crippen LogP contribution in [-0.2, 0) is 0 Å². The first-order valence-corrected chi connectivity index (χ1v) is 5.28. The molecule has 2 rings (SSSR count). The number of nitrogen functional groups attached to an aromatic ring is 1. The molecule has 0 aliphatic carbocycles. The van der Waals surface area contributed by atoms with Gasteiger partial charge in [0, 0.05) is 21.1 Å². The van der Waals surface area contributed by atoms with Crippen LogP contribution in [0.2, 0.25) is 0 Å². The molecular weight excluding hydrogens is 254 g/mol. The Morgan fingerprint density at radius 1 is 1.47 bits per heavy atom. The summed E-state index contributed by atoms with van der Waals surface area (Å²) in [6.45, 7) is 1.73. The Balaban J connectivity index is 2.90. The van der Waals surface area contributed by atoms with Gasteiger partial charge in [-0.25, -0.2) is 0 Å². The number of anilines is 1. The van der Waals surface area contributed by atoms with Gasteiger partial charge < -0.3 is 11.1 Å². The molecule has 3 N–H and O–H groups in total. The van der Waals surface area contributed by atoms with Crippen molar-refractivity contribution in [3.63, 3.8) is 0 Å². The van der Waals surface area contributed by atoms with E-state index in [2.05, 4.69) is 20.9 Å². The molecule has 76 valence electrons. The minimum atomic E-state index is 0.456. The maximum absolute atomic E-state index is 7.71. The second kappa shape index (κ2) is 3.62. The number of benzene rings is 1. The SMILES string of the molecule is CC(=N)c1c(N)cnc2ccc(Br)cc12. The molecule has 1 aromatic heterocycles. The first kappa shape index (κ1) is 10.1. The van der Waals surface area contributed by atoms with E-state index < -0.39 is 0 Å². The van der Waals surface area contributed by atoms with Crippen molar-refractivity contribution in [1.29, 1.82) is 5.41 Å². The van der Waals surface area contributed by atoms with Crippen molar-refractivity contribution in [2.24, 2.45) is 0 Å². The van der Waals surface area contributed by atoms with Crippen molar-refractivity contribution >= 4 is 38.2 Å². The molecule has 0 fully saturated rings. The third-order valence-corrected chi connectivity index (χ3v) is 2.73. The highest BCUT2D eigenvalue weighted by Crippen LogP contribution is 2.25. The number of pyridine rings is 1. The van der Waals surface area contributed by atoms with Crippen molar-refractivity contribution in [2.45, 2.75) is 6.92 Å². The third kappa shape index (κ3) is 1.72. The van der Waals surface area contributed by atoms with E-state index in [-0.39, 0.29) is 0 Å². The van der Waals surface area contributed by atoms with Gasteiger partial charge in [-0.15, -0.1) is 0 Å². The van der Waals surface area contributed by atoms with E-state index in [1.165, 1.54) is 0 Å². The second-order valence-electron chi connectivity index (χ2n) is 3.38. The lowest BCUT2D eigenvalue weighted by Gasteiger charge is -2.08. The zero-order chi connectivity index (χ0) is 11.0. The quantitative estimate of drug-likeness (QED) is 0.778. The number of rotatable bonds is 1. The predicted octanol–water partition coefficient (Wildman–Crippen LogP) is 2.97. The summed E-state index contributed by atoms with van der Waals surface area (Å²) >= 11 is 3.40. The Morgan fingerprint density at radius 2 is 2.20 bits per heavy atom. The summed E-state index contributed by atoms with van der Waals surface area (Å²) < 4.78 is 0.963. The van der Waals surface area contributed by atoms with Crippen LogP contribution in [0.5, 0.6) is 0 Å². The van der Waals surface area contributed by atoms with E-state index in [4.69, 9.17) is 11.1 Å². The minimum absolute atomic E-state index is 0.456. The van der Waals surface area contributed by atoms with Crippen molar-refractivity contribution in [1.82, 2.24) is 4.98 Å². The summed E-state index contributed by atoms with van der Waals surface area (Å²) in [6, 6.07) is 5.77. The fraction of sp³-hybridized carbons (Fsp3) is 0.0909. The molecule has 4 heteroatoms. The van der Waals surface area contributed by atoms with Crippen LogP contribution < -0.4 is 5.73 Å². The lowest BCUT2D eigenvalue weighted by Crippen LogP contribution is -2.02. The van der Waals surface area contributed by atoms with E-state index in [9.17, 15) is 0 Å². The van der Waals surface area contributed by atoms with E-state index in [1.54, 1.807) is 13.1 Å². The number of hydrogen-bond acceptors (Lipinski definition) is 3. The fourth-order valence-electron chi connectivity index (χ4n) is 1.60. The minimum Gasteiger partial charge on any atom is -0.397 e. The van der Waals surface area contributed by atoms with Crippen LogP contribution in [0.1, 0.15) is 12.5 Å². The standard InChI is InChI=1S/C11H10BrN3/c1-6(13)11-8-4-7(12)2-3-10(8)15-5-9(11)14/h2-5,13H,14H2,1H3. The molecule has 0 aliphatic heterocycles. The molecule has 0 unspecified atom stereocenters. The summed E-state index contributed by atoms with van der Waals surface area (Å²) in [5.74, 6) is 0. The molecule has 0 atom stereocenters. The lowest BCUT2D eigenvalue weighted by atomic mass is 10.0. The molecule has 2 aromatic rings. The number of halogens is 1. The van der Waals surface area contributed by atoms with Crippen molar-refractivity contribution in [2.75, 3.05) is 5.73 Å². The smallest absolute Gasteiger partial charge is 0.0711 e. The topological polar surface area (TPSA) is 62.8 Å². The highest BCUT2D eigenvalue weighted by atomic mass is 79.9. The van der Waals surface area contributed by atoms with Gasteiger partial charge >= 0.3 is 0 Å². The van der Waals surface area contributed by atoms with Gasteiger partial charge in [0.1, 0.15) is 0 Å². The monoisotopic (exact) mass is 263 g/mol. The summed E-state index contributed by atoms with van der Waals surface area (Å²) in [4.78, 5) is 4.22. The Labute approximate surface area is 96.0 Å². The van der Waals surface area contributed by atoms with E-state index >= 15 is 0 Å². The lowest BCUT2D eigenvalue weighted by molar-refractivity contribution is 1.38. The van der Waals surface area contributed by atoms with Gasteiger partial charge in [-0.2, -0.15) is 0 Å². The van der Waals surface area contributed by atoms with Crippen LogP contribution >= 0.6 is 15.9 Å². The molecule has 3 nitrogen and oxygen atoms in total. The molecule has 0 radical (unpaired) electrons. The van der Waals surface area contributed by atoms with Gasteiger partial charge in [-0.3, -0.25) is 4.98 Å². The largest absolute Gasteiger partial charge is 0.397 e. The zero-order valence-corrected chi connectivity index (χ0v) is 9.80. The van der Waals surface area contributed by atoms with Crippen molar-refractivity contribution in [3.8, 4) is 0 Å². The van der Waals surface area contributed by atoms with Crippen LogP contribution in [0.4, 0.5) is 5.69 Å².